The summed E-state index contributed by atoms with van der Waals surface area (Å²) in [6.45, 7) is 0.146. The van der Waals surface area contributed by atoms with Crippen molar-refractivity contribution in [2.45, 2.75) is 25.7 Å². The molecule has 0 fully saturated rings. The van der Waals surface area contributed by atoms with Crippen LogP contribution >= 0.6 is 0 Å². The summed E-state index contributed by atoms with van der Waals surface area (Å²) in [7, 11) is 0. The van der Waals surface area contributed by atoms with E-state index in [9.17, 15) is 4.79 Å². The first-order valence-corrected chi connectivity index (χ1v) is 5.07. The van der Waals surface area contributed by atoms with Crippen LogP contribution < -0.4 is 0 Å². The Kier molecular flexibility index (Phi) is 2.64. The second kappa shape index (κ2) is 3.93. The fraction of sp³-hybridized carbons (Fsp3) is 0.417. The van der Waals surface area contributed by atoms with E-state index in [1.807, 2.05) is 18.2 Å². The average molecular weight is 190 g/mol. The van der Waals surface area contributed by atoms with Crippen LogP contribution in [0.15, 0.2) is 18.2 Å². The van der Waals surface area contributed by atoms with Gasteiger partial charge < -0.3 is 5.11 Å². The van der Waals surface area contributed by atoms with Crippen molar-refractivity contribution in [3.05, 3.63) is 34.9 Å². The zero-order valence-electron chi connectivity index (χ0n) is 8.12. The van der Waals surface area contributed by atoms with Crippen LogP contribution in [-0.2, 0) is 12.8 Å². The van der Waals surface area contributed by atoms with E-state index in [1.165, 1.54) is 5.56 Å². The quantitative estimate of drug-likeness (QED) is 0.771. The molecular weight excluding hydrogens is 176 g/mol. The minimum absolute atomic E-state index is 0.146. The molecule has 0 heterocycles. The molecule has 1 aromatic rings. The molecule has 0 aromatic heterocycles. The summed E-state index contributed by atoms with van der Waals surface area (Å²) in [6.07, 6.45) is 3.31. The second-order valence-corrected chi connectivity index (χ2v) is 3.74. The molecule has 0 spiro atoms. The smallest absolute Gasteiger partial charge is 0.163 e. The molecule has 1 N–H and O–H groups in total. The van der Waals surface area contributed by atoms with Gasteiger partial charge in [-0.15, -0.1) is 0 Å². The highest BCUT2D eigenvalue weighted by atomic mass is 16.2. The van der Waals surface area contributed by atoms with E-state index >= 15 is 0 Å². The van der Waals surface area contributed by atoms with E-state index in [1.54, 1.807) is 0 Å². The van der Waals surface area contributed by atoms with Crippen LogP contribution in [0.2, 0.25) is 0 Å². The van der Waals surface area contributed by atoms with E-state index in [0.29, 0.717) is 12.8 Å². The van der Waals surface area contributed by atoms with Gasteiger partial charge in [0.1, 0.15) is 0 Å². The minimum Gasteiger partial charge on any atom is -0.396 e. The molecule has 1 aromatic carbocycles. The Bertz CT molecular complexity index is 355. The molecule has 0 aliphatic heterocycles. The van der Waals surface area contributed by atoms with Gasteiger partial charge in [0.25, 0.3) is 0 Å². The lowest BCUT2D eigenvalue weighted by atomic mass is 9.89. The number of carbonyl (C=O) groups excluding carboxylic acids is 1. The normalized spacial score (nSPS) is 15.4. The number of aliphatic hydroxyl groups is 1. The SMILES string of the molecule is O=C1CCCc2ccc(CCO)cc21. The third kappa shape index (κ3) is 1.70. The number of hydrogen-bond donors (Lipinski definition) is 1. The Morgan fingerprint density at radius 2 is 2.14 bits per heavy atom. The van der Waals surface area contributed by atoms with Crippen molar-refractivity contribution in [2.24, 2.45) is 0 Å². The largest absolute Gasteiger partial charge is 0.396 e. The van der Waals surface area contributed by atoms with E-state index < -0.39 is 0 Å². The Morgan fingerprint density at radius 3 is 2.93 bits per heavy atom. The van der Waals surface area contributed by atoms with Crippen LogP contribution in [0.3, 0.4) is 0 Å². The Balaban J connectivity index is 2.36. The Morgan fingerprint density at radius 1 is 1.29 bits per heavy atom. The molecule has 2 rings (SSSR count). The molecule has 0 unspecified atom stereocenters. The second-order valence-electron chi connectivity index (χ2n) is 3.74. The minimum atomic E-state index is 0.146. The number of carbonyl (C=O) groups is 1. The van der Waals surface area contributed by atoms with Gasteiger partial charge in [-0.05, 0) is 36.5 Å². The molecule has 2 heteroatoms. The fourth-order valence-electron chi connectivity index (χ4n) is 1.96. The Labute approximate surface area is 83.6 Å². The van der Waals surface area contributed by atoms with Crippen LogP contribution in [-0.4, -0.2) is 17.5 Å². The topological polar surface area (TPSA) is 37.3 Å². The summed E-state index contributed by atoms with van der Waals surface area (Å²) in [6, 6.07) is 5.97. The maximum absolute atomic E-state index is 11.6. The number of Topliss-reactive ketones (excluding diaryl/α,β-unsaturated/α-hetero) is 1. The highest BCUT2D eigenvalue weighted by Gasteiger charge is 2.16. The van der Waals surface area contributed by atoms with E-state index in [0.717, 1.165) is 24.0 Å². The lowest BCUT2D eigenvalue weighted by molar-refractivity contribution is 0.0972. The number of aryl methyl sites for hydroxylation is 1. The van der Waals surface area contributed by atoms with Crippen LogP contribution in [0.25, 0.3) is 0 Å². The first-order valence-electron chi connectivity index (χ1n) is 5.07. The average Bonchev–Trinajstić information content (AvgIpc) is 2.20. The third-order valence-corrected chi connectivity index (χ3v) is 2.73. The summed E-state index contributed by atoms with van der Waals surface area (Å²) in [5, 5.41) is 8.80. The molecule has 74 valence electrons. The van der Waals surface area contributed by atoms with Crippen LogP contribution in [0.4, 0.5) is 0 Å². The van der Waals surface area contributed by atoms with Crippen molar-refractivity contribution in [1.29, 1.82) is 0 Å². The maximum atomic E-state index is 11.6. The van der Waals surface area contributed by atoms with Crippen molar-refractivity contribution >= 4 is 5.78 Å². The number of fused-ring (bicyclic) bond motifs is 1. The molecule has 2 nitrogen and oxygen atoms in total. The summed E-state index contributed by atoms with van der Waals surface area (Å²) >= 11 is 0. The molecule has 0 saturated carbocycles. The Hall–Kier alpha value is -1.15. The number of hydrogen-bond acceptors (Lipinski definition) is 2. The zero-order valence-corrected chi connectivity index (χ0v) is 8.12. The summed E-state index contributed by atoms with van der Waals surface area (Å²) in [5.41, 5.74) is 3.10. The van der Waals surface area contributed by atoms with Crippen LogP contribution in [0.5, 0.6) is 0 Å². The van der Waals surface area contributed by atoms with Crippen molar-refractivity contribution in [1.82, 2.24) is 0 Å². The van der Waals surface area contributed by atoms with Crippen LogP contribution in [0.1, 0.15) is 34.3 Å². The highest BCUT2D eigenvalue weighted by molar-refractivity contribution is 5.98. The van der Waals surface area contributed by atoms with Crippen molar-refractivity contribution in [3.63, 3.8) is 0 Å². The number of benzene rings is 1. The van der Waals surface area contributed by atoms with Crippen molar-refractivity contribution < 1.29 is 9.90 Å². The molecule has 0 amide bonds. The summed E-state index contributed by atoms with van der Waals surface area (Å²) in [4.78, 5) is 11.6. The summed E-state index contributed by atoms with van der Waals surface area (Å²) in [5.74, 6) is 0.256. The highest BCUT2D eigenvalue weighted by Crippen LogP contribution is 2.22. The van der Waals surface area contributed by atoms with Gasteiger partial charge in [-0.3, -0.25) is 4.79 Å². The van der Waals surface area contributed by atoms with E-state index in [2.05, 4.69) is 0 Å². The fourth-order valence-corrected chi connectivity index (χ4v) is 1.96. The molecule has 1 aliphatic carbocycles. The number of ketones is 1. The predicted octanol–water partition coefficient (Wildman–Crippen LogP) is 1.74. The van der Waals surface area contributed by atoms with Gasteiger partial charge in [-0.25, -0.2) is 0 Å². The molecule has 0 saturated heterocycles. The van der Waals surface area contributed by atoms with Crippen molar-refractivity contribution in [2.75, 3.05) is 6.61 Å². The maximum Gasteiger partial charge on any atom is 0.163 e. The number of rotatable bonds is 2. The molecule has 0 radical (unpaired) electrons. The molecule has 14 heavy (non-hydrogen) atoms. The van der Waals surface area contributed by atoms with Crippen molar-refractivity contribution in [3.8, 4) is 0 Å². The van der Waals surface area contributed by atoms with E-state index in [-0.39, 0.29) is 12.4 Å². The molecular formula is C12H14O2. The molecule has 1 aliphatic rings. The standard InChI is InChI=1S/C12H14O2/c13-7-6-9-4-5-10-2-1-3-12(14)11(10)8-9/h4-5,8,13H,1-3,6-7H2. The molecule has 0 atom stereocenters. The molecule has 0 bridgehead atoms. The first kappa shape index (κ1) is 9.41. The van der Waals surface area contributed by atoms with Gasteiger partial charge in [-0.1, -0.05) is 12.1 Å². The monoisotopic (exact) mass is 190 g/mol. The lowest BCUT2D eigenvalue weighted by Crippen LogP contribution is -2.11. The zero-order chi connectivity index (χ0) is 9.97. The van der Waals surface area contributed by atoms with Gasteiger partial charge in [0, 0.05) is 18.6 Å². The predicted molar refractivity (Wildman–Crippen MR) is 54.5 cm³/mol. The number of aliphatic hydroxyl groups excluding tert-OH is 1. The van der Waals surface area contributed by atoms with Gasteiger partial charge >= 0.3 is 0 Å². The lowest BCUT2D eigenvalue weighted by Gasteiger charge is -2.15. The first-order chi connectivity index (χ1) is 6.81. The summed E-state index contributed by atoms with van der Waals surface area (Å²) < 4.78 is 0. The van der Waals surface area contributed by atoms with Crippen LogP contribution in [0, 0.1) is 0 Å². The van der Waals surface area contributed by atoms with Gasteiger partial charge in [-0.2, -0.15) is 0 Å². The van der Waals surface area contributed by atoms with Gasteiger partial charge in [0.2, 0.25) is 0 Å². The third-order valence-electron chi connectivity index (χ3n) is 2.73. The van der Waals surface area contributed by atoms with Gasteiger partial charge in [0.15, 0.2) is 5.78 Å². The van der Waals surface area contributed by atoms with E-state index in [4.69, 9.17) is 5.11 Å². The van der Waals surface area contributed by atoms with Gasteiger partial charge in [0.05, 0.1) is 0 Å².